The molecule has 6 heterocycles. The number of nitriles is 1. The van der Waals surface area contributed by atoms with Gasteiger partial charge in [-0.25, -0.2) is 23.2 Å². The highest BCUT2D eigenvalue weighted by Crippen LogP contribution is 2.36. The number of likely N-dealkylation sites (tertiary alicyclic amines) is 1. The minimum atomic E-state index is -4.54. The van der Waals surface area contributed by atoms with Gasteiger partial charge in [0.2, 0.25) is 27.8 Å². The van der Waals surface area contributed by atoms with E-state index < -0.39 is 33.7 Å². The first-order valence-electron chi connectivity index (χ1n) is 20.4. The predicted octanol–water partition coefficient (Wildman–Crippen LogP) is 4.36. The summed E-state index contributed by atoms with van der Waals surface area (Å²) in [5.74, 6) is -0.0397. The zero-order valence-corrected chi connectivity index (χ0v) is 34.0. The van der Waals surface area contributed by atoms with E-state index >= 15 is 0 Å². The van der Waals surface area contributed by atoms with E-state index in [9.17, 15) is 41.2 Å². The Morgan fingerprint density at radius 1 is 0.917 bits per heavy atom. The summed E-state index contributed by atoms with van der Waals surface area (Å²) in [5.41, 5.74) is 2.43. The smallest absolute Gasteiger partial charge is 0.370 e. The van der Waals surface area contributed by atoms with Crippen LogP contribution in [0.4, 0.5) is 24.8 Å². The summed E-state index contributed by atoms with van der Waals surface area (Å²) in [6.45, 7) is 4.50. The molecule has 2 aromatic heterocycles. The molecular formula is C41H47F3N10O5S. The van der Waals surface area contributed by atoms with Crippen molar-refractivity contribution in [3.05, 3.63) is 76.0 Å². The molecule has 2 aromatic carbocycles. The number of piperidine rings is 4. The summed E-state index contributed by atoms with van der Waals surface area (Å²) in [7, 11) is -2.14. The minimum Gasteiger partial charge on any atom is -0.370 e. The maximum atomic E-state index is 13.8. The number of imide groups is 1. The Morgan fingerprint density at radius 3 is 2.27 bits per heavy atom. The second-order valence-corrected chi connectivity index (χ2v) is 18.2. The lowest BCUT2D eigenvalue weighted by Gasteiger charge is -2.39. The van der Waals surface area contributed by atoms with Gasteiger partial charge in [-0.3, -0.25) is 24.0 Å². The van der Waals surface area contributed by atoms with Gasteiger partial charge in [-0.2, -0.15) is 22.7 Å². The molecule has 318 valence electrons. The topological polar surface area (TPSA) is 179 Å². The molecule has 0 spiro atoms. The lowest BCUT2D eigenvalue weighted by molar-refractivity contribution is -0.138. The Bertz CT molecular complexity index is 2480. The largest absolute Gasteiger partial charge is 0.419 e. The van der Waals surface area contributed by atoms with Crippen LogP contribution in [0.25, 0.3) is 11.0 Å². The van der Waals surface area contributed by atoms with Crippen LogP contribution in [0.1, 0.15) is 80.0 Å². The standard InChI is InChI=1S/C41H47F3N10O5S/c1-50-37-32(3-2-4-33(37)54(40(50)57)34-7-8-36(55)49-38(34)56)27-11-15-51(16-12-27)25-26-9-17-52(18-10-26)35-21-31(6-5-28(35)22-45)60(58,59)53-19-13-30(14-20-53)48-39-46-23-29(24-47-39)41(42,43)44/h2-6,21,23-24,26-27,30,34H,7-20,25H2,1H3,(H,46,47,48)(H,49,55,56). The molecule has 0 bridgehead atoms. The van der Waals surface area contributed by atoms with Crippen molar-refractivity contribution in [1.82, 2.24) is 33.6 Å². The molecule has 4 aliphatic heterocycles. The van der Waals surface area contributed by atoms with Crippen molar-refractivity contribution < 1.29 is 31.2 Å². The number of carbonyl (C=O) groups excluding carboxylic acids is 2. The Morgan fingerprint density at radius 2 is 1.62 bits per heavy atom. The van der Waals surface area contributed by atoms with Crippen molar-refractivity contribution in [2.45, 2.75) is 80.4 Å². The van der Waals surface area contributed by atoms with E-state index in [-0.39, 0.29) is 60.3 Å². The number of benzene rings is 2. The first-order chi connectivity index (χ1) is 28.7. The van der Waals surface area contributed by atoms with Crippen LogP contribution in [0.15, 0.2) is 58.5 Å². The lowest BCUT2D eigenvalue weighted by atomic mass is 9.87. The highest BCUT2D eigenvalue weighted by atomic mass is 32.2. The van der Waals surface area contributed by atoms with Crippen molar-refractivity contribution >= 4 is 44.5 Å². The molecule has 1 atom stereocenters. The number of hydrogen-bond acceptors (Lipinski definition) is 11. The second-order valence-electron chi connectivity index (χ2n) is 16.3. The van der Waals surface area contributed by atoms with Crippen LogP contribution in [-0.4, -0.2) is 100 Å². The number of hydrogen-bond donors (Lipinski definition) is 2. The third kappa shape index (κ3) is 8.24. The first-order valence-corrected chi connectivity index (χ1v) is 21.9. The van der Waals surface area contributed by atoms with E-state index in [1.165, 1.54) is 14.9 Å². The van der Waals surface area contributed by atoms with Gasteiger partial charge in [0.05, 0.1) is 32.7 Å². The van der Waals surface area contributed by atoms with Crippen molar-refractivity contribution in [3.8, 4) is 6.07 Å². The number of carbonyl (C=O) groups is 2. The zero-order chi connectivity index (χ0) is 42.3. The van der Waals surface area contributed by atoms with Crippen molar-refractivity contribution in [2.24, 2.45) is 13.0 Å². The van der Waals surface area contributed by atoms with Gasteiger partial charge < -0.3 is 15.1 Å². The monoisotopic (exact) mass is 848 g/mol. The van der Waals surface area contributed by atoms with Gasteiger partial charge in [-0.1, -0.05) is 12.1 Å². The summed E-state index contributed by atoms with van der Waals surface area (Å²) < 4.78 is 70.9. The van der Waals surface area contributed by atoms with Gasteiger partial charge in [-0.05, 0) is 99.7 Å². The molecule has 8 rings (SSSR count). The fourth-order valence-corrected chi connectivity index (χ4v) is 10.8. The van der Waals surface area contributed by atoms with Crippen molar-refractivity contribution in [1.29, 1.82) is 5.26 Å². The minimum absolute atomic E-state index is 0.0517. The van der Waals surface area contributed by atoms with E-state index in [0.717, 1.165) is 56.4 Å². The summed E-state index contributed by atoms with van der Waals surface area (Å²) in [5, 5.41) is 15.4. The lowest BCUT2D eigenvalue weighted by Crippen LogP contribution is -2.44. The SMILES string of the molecule is Cn1c(=O)n(C2CCC(=O)NC2=O)c2cccc(C3CCN(CC4CCN(c5cc(S(=O)(=O)N6CCC(Nc7ncc(C(F)(F)F)cn7)CC6)ccc5C#N)CC4)CC3)c21. The van der Waals surface area contributed by atoms with Gasteiger partial charge in [0.1, 0.15) is 12.1 Å². The van der Waals surface area contributed by atoms with Crippen LogP contribution < -0.4 is 21.2 Å². The third-order valence-corrected chi connectivity index (χ3v) is 14.5. The zero-order valence-electron chi connectivity index (χ0n) is 33.2. The van der Waals surface area contributed by atoms with Crippen LogP contribution in [0.2, 0.25) is 0 Å². The maximum absolute atomic E-state index is 13.8. The quantitative estimate of drug-likeness (QED) is 0.229. The highest BCUT2D eigenvalue weighted by Gasteiger charge is 2.35. The molecule has 15 nitrogen and oxygen atoms in total. The number of nitrogens with zero attached hydrogens (tertiary/aromatic N) is 8. The van der Waals surface area contributed by atoms with Crippen LogP contribution in [0.3, 0.4) is 0 Å². The normalized spacial score (nSPS) is 21.0. The molecule has 4 aliphatic rings. The molecule has 4 saturated heterocycles. The number of amides is 2. The van der Waals surface area contributed by atoms with Gasteiger partial charge in [0, 0.05) is 64.6 Å². The highest BCUT2D eigenvalue weighted by molar-refractivity contribution is 7.89. The van der Waals surface area contributed by atoms with E-state index in [2.05, 4.69) is 42.5 Å². The number of alkyl halides is 3. The Labute approximate surface area is 345 Å². The van der Waals surface area contributed by atoms with Gasteiger partial charge in [-0.15, -0.1) is 0 Å². The summed E-state index contributed by atoms with van der Waals surface area (Å²) >= 11 is 0. The number of imidazole rings is 1. The first kappa shape index (κ1) is 41.4. The fourth-order valence-electron chi connectivity index (χ4n) is 9.33. The third-order valence-electron chi connectivity index (χ3n) is 12.6. The summed E-state index contributed by atoms with van der Waals surface area (Å²) in [4.78, 5) is 50.2. The number of halogens is 3. The fraction of sp³-hybridized carbons (Fsp3) is 0.512. The van der Waals surface area contributed by atoms with Gasteiger partial charge >= 0.3 is 11.9 Å². The molecule has 4 fully saturated rings. The number of fused-ring (bicyclic) bond motifs is 1. The maximum Gasteiger partial charge on any atom is 0.419 e. The van der Waals surface area contributed by atoms with Crippen LogP contribution >= 0.6 is 0 Å². The molecule has 60 heavy (non-hydrogen) atoms. The van der Waals surface area contributed by atoms with E-state index in [4.69, 9.17) is 0 Å². The Balaban J connectivity index is 0.851. The van der Waals surface area contributed by atoms with Crippen LogP contribution in [0, 0.1) is 17.2 Å². The van der Waals surface area contributed by atoms with Gasteiger partial charge in [0.25, 0.3) is 0 Å². The number of aryl methyl sites for hydroxylation is 1. The molecule has 2 amide bonds. The average Bonchev–Trinajstić information content (AvgIpc) is 3.49. The molecule has 0 aliphatic carbocycles. The van der Waals surface area contributed by atoms with Crippen LogP contribution in [-0.2, 0) is 32.8 Å². The summed E-state index contributed by atoms with van der Waals surface area (Å²) in [6, 6.07) is 11.8. The molecule has 0 radical (unpaired) electrons. The number of rotatable bonds is 9. The van der Waals surface area contributed by atoms with Crippen molar-refractivity contribution in [2.75, 3.05) is 56.0 Å². The van der Waals surface area contributed by atoms with E-state index in [1.54, 1.807) is 23.7 Å². The average molecular weight is 849 g/mol. The number of nitrogens with one attached hydrogen (secondary N) is 2. The molecule has 19 heteroatoms. The van der Waals surface area contributed by atoms with Crippen LogP contribution in [0.5, 0.6) is 0 Å². The van der Waals surface area contributed by atoms with E-state index in [1.807, 2.05) is 12.1 Å². The summed E-state index contributed by atoms with van der Waals surface area (Å²) in [6.07, 6.45) is 1.82. The molecular weight excluding hydrogens is 802 g/mol. The number of aromatic nitrogens is 4. The number of sulfonamides is 1. The molecule has 0 saturated carbocycles. The Kier molecular flexibility index (Phi) is 11.5. The molecule has 4 aromatic rings. The second kappa shape index (κ2) is 16.6. The van der Waals surface area contributed by atoms with E-state index in [0.29, 0.717) is 61.0 Å². The van der Waals surface area contributed by atoms with Crippen molar-refractivity contribution in [3.63, 3.8) is 0 Å². The molecule has 1 unspecified atom stereocenters. The Hall–Kier alpha value is -5.32. The molecule has 2 N–H and O–H groups in total. The van der Waals surface area contributed by atoms with Gasteiger partial charge in [0.15, 0.2) is 0 Å². The number of para-hydroxylation sites is 1. The predicted molar refractivity (Wildman–Crippen MR) is 216 cm³/mol. The number of anilines is 2.